The molecule has 2 N–H and O–H groups in total. The predicted molar refractivity (Wildman–Crippen MR) is 172 cm³/mol. The van der Waals surface area contributed by atoms with Gasteiger partial charge in [-0.2, -0.15) is 13.2 Å². The van der Waals surface area contributed by atoms with Gasteiger partial charge in [-0.05, 0) is 60.2 Å². The molecule has 48 heavy (non-hydrogen) atoms. The van der Waals surface area contributed by atoms with E-state index in [9.17, 15) is 22.8 Å². The van der Waals surface area contributed by atoms with Crippen LogP contribution in [0.2, 0.25) is 0 Å². The number of amides is 2. The van der Waals surface area contributed by atoms with Gasteiger partial charge in [0.15, 0.2) is 5.65 Å². The number of hydrogen-bond donors (Lipinski definition) is 2. The molecule has 11 nitrogen and oxygen atoms in total. The van der Waals surface area contributed by atoms with Gasteiger partial charge >= 0.3 is 6.18 Å². The van der Waals surface area contributed by atoms with Gasteiger partial charge in [-0.15, -0.1) is 5.10 Å². The largest absolute Gasteiger partial charge is 0.497 e. The Labute approximate surface area is 273 Å². The Hall–Kier alpha value is -5.66. The number of halogens is 3. The molecule has 1 unspecified atom stereocenters. The molecule has 1 fully saturated rings. The van der Waals surface area contributed by atoms with Gasteiger partial charge in [-0.25, -0.2) is 14.6 Å². The number of alkyl halides is 3. The lowest BCUT2D eigenvalue weighted by molar-refractivity contribution is -0.137. The van der Waals surface area contributed by atoms with E-state index in [-0.39, 0.29) is 23.4 Å². The number of benzene rings is 2. The van der Waals surface area contributed by atoms with Crippen LogP contribution in [0, 0.1) is 0 Å². The lowest BCUT2D eigenvalue weighted by Crippen LogP contribution is -2.30. The molecule has 3 aromatic heterocycles. The molecule has 0 radical (unpaired) electrons. The van der Waals surface area contributed by atoms with Crippen LogP contribution in [0.4, 0.5) is 30.4 Å². The van der Waals surface area contributed by atoms with Gasteiger partial charge in [0, 0.05) is 43.0 Å². The summed E-state index contributed by atoms with van der Waals surface area (Å²) in [5.41, 5.74) is 2.15. The van der Waals surface area contributed by atoms with Crippen molar-refractivity contribution in [2.45, 2.75) is 38.6 Å². The second-order valence-electron chi connectivity index (χ2n) is 11.2. The second kappa shape index (κ2) is 13.6. The SMILES string of the molecule is CCC(=O)N1CCC(Oc2nn(Cc3ccc(OC)cc3)c3nccc(Nc4ccc(C(=O)Nc5cc(C(F)(F)F)ccn5)cc4)c23)C1. The number of pyridine rings is 2. The molecule has 248 valence electrons. The number of fused-ring (bicyclic) bond motifs is 1. The van der Waals surface area contributed by atoms with Crippen LogP contribution < -0.4 is 20.1 Å². The lowest BCUT2D eigenvalue weighted by atomic mass is 10.1. The van der Waals surface area contributed by atoms with Gasteiger partial charge in [-0.3, -0.25) is 9.59 Å². The molecular formula is C34H32F3N7O4. The summed E-state index contributed by atoms with van der Waals surface area (Å²) in [4.78, 5) is 35.3. The number of methoxy groups -OCH3 is 1. The van der Waals surface area contributed by atoms with E-state index >= 15 is 0 Å². The highest BCUT2D eigenvalue weighted by Crippen LogP contribution is 2.35. The van der Waals surface area contributed by atoms with Gasteiger partial charge in [0.2, 0.25) is 11.8 Å². The molecule has 5 aromatic rings. The van der Waals surface area contributed by atoms with E-state index in [0.717, 1.165) is 29.6 Å². The van der Waals surface area contributed by atoms with E-state index < -0.39 is 17.6 Å². The number of carbonyl (C=O) groups excluding carboxylic acids is 2. The maximum atomic E-state index is 13.1. The fraction of sp³-hybridized carbons (Fsp3) is 0.265. The summed E-state index contributed by atoms with van der Waals surface area (Å²) in [5, 5.41) is 11.2. The third-order valence-electron chi connectivity index (χ3n) is 7.93. The van der Waals surface area contributed by atoms with Crippen molar-refractivity contribution in [1.29, 1.82) is 0 Å². The molecule has 0 aliphatic carbocycles. The minimum atomic E-state index is -4.56. The van der Waals surface area contributed by atoms with Crippen LogP contribution in [0.5, 0.6) is 11.6 Å². The van der Waals surface area contributed by atoms with E-state index in [1.807, 2.05) is 31.2 Å². The van der Waals surface area contributed by atoms with E-state index in [4.69, 9.17) is 14.6 Å². The molecule has 4 heterocycles. The van der Waals surface area contributed by atoms with Gasteiger partial charge < -0.3 is 25.0 Å². The normalized spacial score (nSPS) is 14.6. The highest BCUT2D eigenvalue weighted by Gasteiger charge is 2.31. The summed E-state index contributed by atoms with van der Waals surface area (Å²) in [6.07, 6.45) is -1.07. The van der Waals surface area contributed by atoms with Gasteiger partial charge in [0.25, 0.3) is 5.91 Å². The van der Waals surface area contributed by atoms with Crippen LogP contribution in [0.25, 0.3) is 11.0 Å². The van der Waals surface area contributed by atoms with Crippen molar-refractivity contribution in [1.82, 2.24) is 24.6 Å². The zero-order chi connectivity index (χ0) is 33.8. The number of rotatable bonds is 10. The van der Waals surface area contributed by atoms with Crippen LogP contribution in [-0.4, -0.2) is 62.8 Å². The first kappa shape index (κ1) is 32.3. The molecule has 0 bridgehead atoms. The van der Waals surface area contributed by atoms with Crippen LogP contribution in [0.3, 0.4) is 0 Å². The van der Waals surface area contributed by atoms with Crippen molar-refractivity contribution >= 4 is 40.0 Å². The number of ether oxygens (including phenoxy) is 2. The quantitative estimate of drug-likeness (QED) is 0.179. The Morgan fingerprint density at radius 3 is 2.46 bits per heavy atom. The number of nitrogens with one attached hydrogen (secondary N) is 2. The van der Waals surface area contributed by atoms with Crippen LogP contribution in [0.15, 0.2) is 79.1 Å². The highest BCUT2D eigenvalue weighted by atomic mass is 19.4. The summed E-state index contributed by atoms with van der Waals surface area (Å²) in [5.74, 6) is 0.362. The first-order valence-electron chi connectivity index (χ1n) is 15.3. The summed E-state index contributed by atoms with van der Waals surface area (Å²) in [6, 6.07) is 17.5. The molecule has 1 aliphatic heterocycles. The van der Waals surface area contributed by atoms with Crippen LogP contribution in [0.1, 0.15) is 41.3 Å². The zero-order valence-electron chi connectivity index (χ0n) is 26.1. The third-order valence-corrected chi connectivity index (χ3v) is 7.93. The number of nitrogens with zero attached hydrogens (tertiary/aromatic N) is 5. The Morgan fingerprint density at radius 2 is 1.75 bits per heavy atom. The Morgan fingerprint density at radius 1 is 1.00 bits per heavy atom. The van der Waals surface area contributed by atoms with E-state index in [2.05, 4.69) is 20.6 Å². The summed E-state index contributed by atoms with van der Waals surface area (Å²) in [7, 11) is 1.61. The van der Waals surface area contributed by atoms with Gasteiger partial charge in [0.1, 0.15) is 23.1 Å². The molecular weight excluding hydrogens is 627 g/mol. The second-order valence-corrected chi connectivity index (χ2v) is 11.2. The maximum absolute atomic E-state index is 13.1. The number of aromatic nitrogens is 4. The van der Waals surface area contributed by atoms with Gasteiger partial charge in [0.05, 0.1) is 31.5 Å². The topological polar surface area (TPSA) is 124 Å². The van der Waals surface area contributed by atoms with Crippen LogP contribution in [-0.2, 0) is 17.5 Å². The average Bonchev–Trinajstić information content (AvgIpc) is 3.70. The monoisotopic (exact) mass is 659 g/mol. The van der Waals surface area contributed by atoms with Gasteiger partial charge in [-0.1, -0.05) is 19.1 Å². The van der Waals surface area contributed by atoms with Crippen LogP contribution >= 0.6 is 0 Å². The van der Waals surface area contributed by atoms with Crippen molar-refractivity contribution in [2.24, 2.45) is 0 Å². The summed E-state index contributed by atoms with van der Waals surface area (Å²) in [6.45, 7) is 3.31. The van der Waals surface area contributed by atoms with Crippen molar-refractivity contribution in [3.8, 4) is 11.6 Å². The third kappa shape index (κ3) is 7.17. The molecule has 14 heteroatoms. The molecule has 1 aliphatic rings. The Bertz CT molecular complexity index is 1930. The fourth-order valence-corrected chi connectivity index (χ4v) is 5.42. The molecule has 2 aromatic carbocycles. The molecule has 2 amide bonds. The predicted octanol–water partition coefficient (Wildman–Crippen LogP) is 6.29. The van der Waals surface area contributed by atoms with Crippen molar-refractivity contribution < 1.29 is 32.2 Å². The number of hydrogen-bond acceptors (Lipinski definition) is 8. The highest BCUT2D eigenvalue weighted by molar-refractivity contribution is 6.04. The summed E-state index contributed by atoms with van der Waals surface area (Å²) >= 11 is 0. The minimum Gasteiger partial charge on any atom is -0.497 e. The maximum Gasteiger partial charge on any atom is 0.416 e. The van der Waals surface area contributed by atoms with Crippen molar-refractivity contribution in [3.05, 3.63) is 95.8 Å². The standard InChI is InChI=1S/C34H32F3N7O4/c1-3-29(45)43-17-14-26(20-43)48-33-30-27(13-16-39-31(30)44(42-33)19-21-4-10-25(47-2)11-5-21)40-24-8-6-22(7-9-24)32(46)41-28-18-23(12-15-38-28)34(35,36)37/h4-13,15-16,18,26H,3,14,17,19-20H2,1-2H3,(H,39,40)(H,38,41,46). The molecule has 0 spiro atoms. The Kier molecular flexibility index (Phi) is 9.15. The molecule has 0 saturated carbocycles. The number of likely N-dealkylation sites (tertiary alicyclic amines) is 1. The van der Waals surface area contributed by atoms with E-state index in [1.165, 1.54) is 0 Å². The first-order chi connectivity index (χ1) is 23.1. The average molecular weight is 660 g/mol. The van der Waals surface area contributed by atoms with E-state index in [0.29, 0.717) is 60.8 Å². The zero-order valence-corrected chi connectivity index (χ0v) is 26.1. The minimum absolute atomic E-state index is 0.0724. The lowest BCUT2D eigenvalue weighted by Gasteiger charge is -2.16. The molecule has 1 saturated heterocycles. The Balaban J connectivity index is 1.25. The van der Waals surface area contributed by atoms with Crippen molar-refractivity contribution in [3.63, 3.8) is 0 Å². The first-order valence-corrected chi connectivity index (χ1v) is 15.3. The molecule has 1 atom stereocenters. The van der Waals surface area contributed by atoms with Crippen molar-refractivity contribution in [2.75, 3.05) is 30.8 Å². The van der Waals surface area contributed by atoms with E-state index in [1.54, 1.807) is 53.2 Å². The fourth-order valence-electron chi connectivity index (χ4n) is 5.42. The smallest absolute Gasteiger partial charge is 0.416 e. The summed E-state index contributed by atoms with van der Waals surface area (Å²) < 4.78 is 52.7. The number of anilines is 3. The molecule has 6 rings (SSSR count). The number of carbonyl (C=O) groups is 2.